The van der Waals surface area contributed by atoms with Crippen LogP contribution in [0.1, 0.15) is 23.7 Å². The van der Waals surface area contributed by atoms with Crippen LogP contribution < -0.4 is 26.1 Å². The molecule has 0 aliphatic carbocycles. The molecule has 30 heavy (non-hydrogen) atoms. The van der Waals surface area contributed by atoms with Crippen molar-refractivity contribution in [2.75, 3.05) is 45.1 Å². The van der Waals surface area contributed by atoms with Gasteiger partial charge in [0.2, 0.25) is 11.5 Å². The lowest BCUT2D eigenvalue weighted by molar-refractivity contribution is -0.906. The highest BCUT2D eigenvalue weighted by molar-refractivity contribution is 6.00. The van der Waals surface area contributed by atoms with Crippen LogP contribution in [0, 0.1) is 0 Å². The van der Waals surface area contributed by atoms with Crippen molar-refractivity contribution in [3.05, 3.63) is 46.4 Å². The third-order valence-corrected chi connectivity index (χ3v) is 5.52. The molecule has 0 radical (unpaired) electrons. The van der Waals surface area contributed by atoms with Crippen LogP contribution in [-0.2, 0) is 11.3 Å². The van der Waals surface area contributed by atoms with Crippen LogP contribution in [-0.4, -0.2) is 54.7 Å². The van der Waals surface area contributed by atoms with E-state index in [2.05, 4.69) is 10.3 Å². The zero-order valence-electron chi connectivity index (χ0n) is 17.2. The molecule has 9 heteroatoms. The van der Waals surface area contributed by atoms with Gasteiger partial charge in [0.1, 0.15) is 24.0 Å². The Balaban J connectivity index is 1.69. The molecule has 1 saturated heterocycles. The SMILES string of the molecule is CCC[n+]1c(N)c(C(=O)NCC[NH+]2CCOCC2)cc2c(=O)n3ccccc3nc21. The third-order valence-electron chi connectivity index (χ3n) is 5.52. The summed E-state index contributed by atoms with van der Waals surface area (Å²) in [5.74, 6) is 0.0530. The number of nitrogens with one attached hydrogen (secondary N) is 2. The maximum Gasteiger partial charge on any atom is 0.278 e. The van der Waals surface area contributed by atoms with Gasteiger partial charge in [0, 0.05) is 6.20 Å². The first-order valence-electron chi connectivity index (χ1n) is 10.4. The average molecular weight is 412 g/mol. The van der Waals surface area contributed by atoms with Crippen molar-refractivity contribution in [1.29, 1.82) is 0 Å². The Morgan fingerprint density at radius 2 is 2.17 bits per heavy atom. The molecule has 3 aromatic heterocycles. The number of aryl methyl sites for hydroxylation is 1. The number of pyridine rings is 2. The summed E-state index contributed by atoms with van der Waals surface area (Å²) in [6, 6.07) is 6.96. The number of hydrogen-bond acceptors (Lipinski definition) is 5. The second-order valence-electron chi connectivity index (χ2n) is 7.55. The quantitative estimate of drug-likeness (QED) is 0.347. The lowest BCUT2D eigenvalue weighted by atomic mass is 10.1. The predicted molar refractivity (Wildman–Crippen MR) is 113 cm³/mol. The molecule has 1 fully saturated rings. The summed E-state index contributed by atoms with van der Waals surface area (Å²) < 4.78 is 8.62. The van der Waals surface area contributed by atoms with E-state index in [4.69, 9.17) is 10.5 Å². The molecule has 0 unspecified atom stereocenters. The Morgan fingerprint density at radius 3 is 2.93 bits per heavy atom. The molecule has 4 heterocycles. The highest BCUT2D eigenvalue weighted by atomic mass is 16.5. The van der Waals surface area contributed by atoms with E-state index in [0.717, 1.165) is 39.3 Å². The van der Waals surface area contributed by atoms with Crippen molar-refractivity contribution in [2.45, 2.75) is 19.9 Å². The number of amides is 1. The molecule has 158 valence electrons. The van der Waals surface area contributed by atoms with Gasteiger partial charge in [0.25, 0.3) is 17.1 Å². The zero-order chi connectivity index (χ0) is 21.1. The normalized spacial score (nSPS) is 15.0. The van der Waals surface area contributed by atoms with Gasteiger partial charge < -0.3 is 20.7 Å². The fourth-order valence-corrected chi connectivity index (χ4v) is 3.89. The fourth-order valence-electron chi connectivity index (χ4n) is 3.89. The average Bonchev–Trinajstić information content (AvgIpc) is 2.77. The molecule has 4 rings (SSSR count). The number of nitrogens with two attached hydrogens (primary N) is 1. The van der Waals surface area contributed by atoms with E-state index in [9.17, 15) is 9.59 Å². The van der Waals surface area contributed by atoms with Crippen LogP contribution in [0.5, 0.6) is 0 Å². The standard InChI is InChI=1S/C21H26N6O3/c1-2-7-27-18(22)15(20(28)23-6-9-25-10-12-30-13-11-25)14-16-19(27)24-17-5-3-4-8-26(17)21(16)29/h3-5,8,14,22H,2,6-7,9-13H2,1H3,(H,23,28)/p+2. The number of carbonyl (C=O) groups excluding carboxylic acids is 1. The summed E-state index contributed by atoms with van der Waals surface area (Å²) in [4.78, 5) is 32.0. The Bertz CT molecular complexity index is 1140. The monoisotopic (exact) mass is 412 g/mol. The maximum absolute atomic E-state index is 13.1. The number of morpholine rings is 1. The highest BCUT2D eigenvalue weighted by Gasteiger charge is 2.24. The van der Waals surface area contributed by atoms with Gasteiger partial charge in [-0.2, -0.15) is 0 Å². The van der Waals surface area contributed by atoms with E-state index in [1.54, 1.807) is 29.0 Å². The summed E-state index contributed by atoms with van der Waals surface area (Å²) in [7, 11) is 0. The summed E-state index contributed by atoms with van der Waals surface area (Å²) >= 11 is 0. The minimum Gasteiger partial charge on any atom is -0.370 e. The molecule has 1 aliphatic heterocycles. The number of hydrogen-bond donors (Lipinski definition) is 3. The number of aromatic nitrogens is 3. The second-order valence-corrected chi connectivity index (χ2v) is 7.55. The molecule has 1 amide bonds. The molecule has 0 spiro atoms. The van der Waals surface area contributed by atoms with Gasteiger partial charge in [0.05, 0.1) is 32.8 Å². The number of nitrogen functional groups attached to an aromatic ring is 1. The van der Waals surface area contributed by atoms with Crippen molar-refractivity contribution in [2.24, 2.45) is 0 Å². The first-order valence-corrected chi connectivity index (χ1v) is 10.4. The van der Waals surface area contributed by atoms with Gasteiger partial charge >= 0.3 is 0 Å². The Morgan fingerprint density at radius 1 is 1.37 bits per heavy atom. The lowest BCUT2D eigenvalue weighted by Crippen LogP contribution is -3.14. The summed E-state index contributed by atoms with van der Waals surface area (Å²) in [5.41, 5.74) is 7.52. The van der Waals surface area contributed by atoms with Gasteiger partial charge in [-0.1, -0.05) is 18.0 Å². The van der Waals surface area contributed by atoms with Gasteiger partial charge in [-0.3, -0.25) is 14.0 Å². The number of quaternary nitrogens is 1. The lowest BCUT2D eigenvalue weighted by Gasteiger charge is -2.23. The summed E-state index contributed by atoms with van der Waals surface area (Å²) in [6.45, 7) is 7.34. The second kappa shape index (κ2) is 8.76. The van der Waals surface area contributed by atoms with Gasteiger partial charge in [-0.25, -0.2) is 4.57 Å². The van der Waals surface area contributed by atoms with Crippen LogP contribution in [0.4, 0.5) is 5.82 Å². The minimum absolute atomic E-state index is 0.215. The van der Waals surface area contributed by atoms with E-state index >= 15 is 0 Å². The first-order chi connectivity index (χ1) is 14.6. The van der Waals surface area contributed by atoms with Crippen molar-refractivity contribution < 1.29 is 19.0 Å². The van der Waals surface area contributed by atoms with E-state index in [1.807, 2.05) is 13.0 Å². The van der Waals surface area contributed by atoms with E-state index in [1.165, 1.54) is 9.30 Å². The number of rotatable bonds is 6. The molecule has 0 aromatic carbocycles. The fraction of sp³-hybridized carbons (Fsp3) is 0.429. The van der Waals surface area contributed by atoms with Crippen molar-refractivity contribution >= 4 is 28.4 Å². The minimum atomic E-state index is -0.274. The summed E-state index contributed by atoms with van der Waals surface area (Å²) in [6.07, 6.45) is 2.47. The maximum atomic E-state index is 13.1. The molecular weight excluding hydrogens is 384 g/mol. The van der Waals surface area contributed by atoms with E-state index in [-0.39, 0.29) is 11.5 Å². The molecule has 3 aromatic rings. The number of nitrogens with zero attached hydrogens (tertiary/aromatic N) is 3. The Kier molecular flexibility index (Phi) is 5.91. The zero-order valence-corrected chi connectivity index (χ0v) is 17.2. The van der Waals surface area contributed by atoms with Crippen LogP contribution >= 0.6 is 0 Å². The Labute approximate surface area is 174 Å². The molecule has 1 aliphatic rings. The Hall–Kier alpha value is -3.04. The van der Waals surface area contributed by atoms with Crippen LogP contribution in [0.15, 0.2) is 35.3 Å². The number of carbonyl (C=O) groups is 1. The first kappa shape index (κ1) is 20.2. The molecule has 0 atom stereocenters. The molecule has 0 saturated carbocycles. The van der Waals surface area contributed by atoms with Gasteiger partial charge in [0.15, 0.2) is 0 Å². The smallest absolute Gasteiger partial charge is 0.278 e. The number of ether oxygens (including phenoxy) is 1. The molecular formula is C21H28N6O3+2. The van der Waals surface area contributed by atoms with Crippen LogP contribution in [0.2, 0.25) is 0 Å². The van der Waals surface area contributed by atoms with Crippen LogP contribution in [0.25, 0.3) is 16.7 Å². The largest absolute Gasteiger partial charge is 0.370 e. The molecule has 0 bridgehead atoms. The van der Waals surface area contributed by atoms with Gasteiger partial charge in [-0.15, -0.1) is 0 Å². The summed E-state index contributed by atoms with van der Waals surface area (Å²) in [5, 5.41) is 3.33. The highest BCUT2D eigenvalue weighted by Crippen LogP contribution is 2.14. The number of fused-ring (bicyclic) bond motifs is 2. The topological polar surface area (TPSA) is 107 Å². The van der Waals surface area contributed by atoms with Crippen molar-refractivity contribution in [1.82, 2.24) is 14.7 Å². The predicted octanol–water partition coefficient (Wildman–Crippen LogP) is -1.23. The molecule has 9 nitrogen and oxygen atoms in total. The number of anilines is 1. The molecule has 4 N–H and O–H groups in total. The van der Waals surface area contributed by atoms with E-state index in [0.29, 0.717) is 41.2 Å². The van der Waals surface area contributed by atoms with Crippen molar-refractivity contribution in [3.63, 3.8) is 0 Å². The van der Waals surface area contributed by atoms with Gasteiger partial charge in [-0.05, 0) is 24.6 Å². The van der Waals surface area contributed by atoms with E-state index < -0.39 is 0 Å². The van der Waals surface area contributed by atoms with Crippen LogP contribution in [0.3, 0.4) is 0 Å². The van der Waals surface area contributed by atoms with Crippen molar-refractivity contribution in [3.8, 4) is 0 Å². The third kappa shape index (κ3) is 3.86.